The zero-order chi connectivity index (χ0) is 19.1. The molecule has 2 saturated heterocycles. The minimum absolute atomic E-state index is 0. The molecule has 3 rings (SSSR count). The molecule has 3 heterocycles. The van der Waals surface area contributed by atoms with Crippen molar-refractivity contribution in [2.75, 3.05) is 13.2 Å². The predicted molar refractivity (Wildman–Crippen MR) is 93.8 cm³/mol. The number of halogens is 1. The van der Waals surface area contributed by atoms with Crippen LogP contribution in [0.25, 0.3) is 0 Å². The van der Waals surface area contributed by atoms with Gasteiger partial charge in [-0.05, 0) is 20.8 Å². The predicted octanol–water partition coefficient (Wildman–Crippen LogP) is -0.685. The van der Waals surface area contributed by atoms with E-state index in [4.69, 9.17) is 25.8 Å². The van der Waals surface area contributed by atoms with Gasteiger partial charge in [0.1, 0.15) is 17.5 Å². The van der Waals surface area contributed by atoms with Crippen LogP contribution in [0.15, 0.2) is 6.07 Å². The number of morpholine rings is 1. The minimum Gasteiger partial charge on any atom is -0.544 e. The summed E-state index contributed by atoms with van der Waals surface area (Å²) in [5.74, 6) is -1.10. The number of carbonyl (C=O) groups is 2. The Morgan fingerprint density at radius 1 is 1.30 bits per heavy atom. The van der Waals surface area contributed by atoms with E-state index >= 15 is 0 Å². The molecule has 1 amide bonds. The Morgan fingerprint density at radius 2 is 1.89 bits per heavy atom. The molecular formula is C17H21ClLiNO6S. The smallest absolute Gasteiger partial charge is 0.544 e. The van der Waals surface area contributed by atoms with Gasteiger partial charge in [0.25, 0.3) is 0 Å². The molecule has 7 nitrogen and oxygen atoms in total. The number of hydrogen-bond donors (Lipinski definition) is 0. The molecule has 2 aliphatic heterocycles. The number of carboxylic acids is 1. The van der Waals surface area contributed by atoms with Crippen molar-refractivity contribution in [2.24, 2.45) is 0 Å². The van der Waals surface area contributed by atoms with Crippen LogP contribution in [0, 0.1) is 0 Å². The van der Waals surface area contributed by atoms with E-state index in [1.54, 1.807) is 4.90 Å². The maximum atomic E-state index is 12.5. The summed E-state index contributed by atoms with van der Waals surface area (Å²) in [6, 6.07) is 1.13. The van der Waals surface area contributed by atoms with Crippen LogP contribution in [0.1, 0.15) is 43.3 Å². The van der Waals surface area contributed by atoms with Gasteiger partial charge in [-0.1, -0.05) is 11.6 Å². The summed E-state index contributed by atoms with van der Waals surface area (Å²) in [6.45, 7) is 6.28. The third-order valence-electron chi connectivity index (χ3n) is 4.23. The van der Waals surface area contributed by atoms with Gasteiger partial charge >= 0.3 is 25.0 Å². The number of ether oxygens (including phenoxy) is 3. The topological polar surface area (TPSA) is 88.1 Å². The number of fused-ring (bicyclic) bond motifs is 2. The van der Waals surface area contributed by atoms with E-state index in [1.807, 2.05) is 20.8 Å². The maximum Gasteiger partial charge on any atom is 1.00 e. The summed E-state index contributed by atoms with van der Waals surface area (Å²) in [6.07, 6.45) is 0.449. The first-order chi connectivity index (χ1) is 12.1. The Morgan fingerprint density at radius 3 is 2.41 bits per heavy atom. The Hall–Kier alpha value is -0.913. The average Bonchev–Trinajstić information content (AvgIpc) is 2.85. The molecule has 1 aromatic rings. The molecule has 2 unspecified atom stereocenters. The summed E-state index contributed by atoms with van der Waals surface area (Å²) >= 11 is 6.82. The number of nitrogens with zero attached hydrogens (tertiary/aromatic N) is 1. The molecule has 2 bridgehead atoms. The van der Waals surface area contributed by atoms with Crippen molar-refractivity contribution >= 4 is 35.0 Å². The first-order valence-corrected chi connectivity index (χ1v) is 9.60. The fraction of sp³-hybridized carbons (Fsp3) is 0.647. The van der Waals surface area contributed by atoms with Crippen LogP contribution in [0.4, 0.5) is 4.79 Å². The van der Waals surface area contributed by atoms with Crippen molar-refractivity contribution in [3.05, 3.63) is 15.3 Å². The van der Waals surface area contributed by atoms with Crippen molar-refractivity contribution in [3.8, 4) is 5.75 Å². The number of rotatable bonds is 3. The Balaban J connectivity index is 0.00000261. The summed E-state index contributed by atoms with van der Waals surface area (Å²) < 4.78 is 17.3. The first kappa shape index (κ1) is 22.4. The van der Waals surface area contributed by atoms with Crippen LogP contribution < -0.4 is 28.7 Å². The molecule has 0 aromatic carbocycles. The molecule has 0 spiro atoms. The van der Waals surface area contributed by atoms with Crippen molar-refractivity contribution in [1.82, 2.24) is 4.90 Å². The molecule has 2 atom stereocenters. The van der Waals surface area contributed by atoms with Crippen molar-refractivity contribution in [2.45, 2.75) is 57.4 Å². The molecule has 0 N–H and O–H groups in total. The second-order valence-corrected chi connectivity index (χ2v) is 9.16. The minimum atomic E-state index is -1.31. The molecule has 0 saturated carbocycles. The van der Waals surface area contributed by atoms with Gasteiger partial charge < -0.3 is 24.1 Å². The quantitative estimate of drug-likeness (QED) is 0.614. The zero-order valence-electron chi connectivity index (χ0n) is 15.8. The number of amides is 1. The molecule has 0 radical (unpaired) electrons. The van der Waals surface area contributed by atoms with Gasteiger partial charge in [0.05, 0.1) is 40.5 Å². The van der Waals surface area contributed by atoms with Crippen LogP contribution in [-0.2, 0) is 9.47 Å². The molecular weight excluding hydrogens is 389 g/mol. The Labute approximate surface area is 179 Å². The molecule has 10 heteroatoms. The van der Waals surface area contributed by atoms with Gasteiger partial charge in [0, 0.05) is 18.9 Å². The fourth-order valence-corrected chi connectivity index (χ4v) is 4.31. The number of piperidine rings is 1. The van der Waals surface area contributed by atoms with E-state index in [2.05, 4.69) is 0 Å². The SMILES string of the molecule is CC(C)(C)OC(=O)N1C2COCC1CC(Oc1cc(Cl)sc1C(=O)[O-])C2.[Li+]. The molecule has 2 fully saturated rings. The van der Waals surface area contributed by atoms with Gasteiger partial charge in [-0.2, -0.15) is 0 Å². The number of thiophene rings is 1. The van der Waals surface area contributed by atoms with Crippen LogP contribution in [0.5, 0.6) is 5.75 Å². The standard InChI is InChI=1S/C17H22ClNO6S.Li/c1-17(2,3)25-16(22)19-9-4-11(5-10(19)8-23-7-9)24-12-6-13(18)26-14(12)15(20)21;/h6,9-11H,4-5,7-8H2,1-3H3,(H,20,21);/q;+1/p-1. The van der Waals surface area contributed by atoms with Gasteiger partial charge in [0.2, 0.25) is 0 Å². The number of carboxylic acid groups (broad SMARTS) is 1. The summed E-state index contributed by atoms with van der Waals surface area (Å²) in [4.78, 5) is 25.5. The van der Waals surface area contributed by atoms with E-state index in [1.165, 1.54) is 6.07 Å². The van der Waals surface area contributed by atoms with Crippen molar-refractivity contribution in [3.63, 3.8) is 0 Å². The third kappa shape index (κ3) is 5.33. The van der Waals surface area contributed by atoms with E-state index in [9.17, 15) is 14.7 Å². The van der Waals surface area contributed by atoms with E-state index < -0.39 is 11.6 Å². The molecule has 0 aliphatic carbocycles. The Kier molecular flexibility index (Phi) is 7.15. The monoisotopic (exact) mass is 409 g/mol. The zero-order valence-corrected chi connectivity index (χ0v) is 17.4. The second kappa shape index (κ2) is 8.62. The second-order valence-electron chi connectivity index (χ2n) is 7.48. The van der Waals surface area contributed by atoms with E-state index in [0.717, 1.165) is 11.3 Å². The Bertz CT molecular complexity index is 692. The number of carbonyl (C=O) groups excluding carboxylic acids is 2. The normalized spacial score (nSPS) is 24.7. The molecule has 144 valence electrons. The largest absolute Gasteiger partial charge is 1.00 e. The van der Waals surface area contributed by atoms with Gasteiger partial charge in [0.15, 0.2) is 0 Å². The number of aromatic carboxylic acids is 1. The van der Waals surface area contributed by atoms with E-state index in [0.29, 0.717) is 30.4 Å². The van der Waals surface area contributed by atoms with Crippen LogP contribution >= 0.6 is 22.9 Å². The first-order valence-electron chi connectivity index (χ1n) is 8.40. The third-order valence-corrected chi connectivity index (χ3v) is 5.45. The van der Waals surface area contributed by atoms with Gasteiger partial charge in [-0.3, -0.25) is 4.90 Å². The van der Waals surface area contributed by atoms with Crippen molar-refractivity contribution in [1.29, 1.82) is 0 Å². The summed E-state index contributed by atoms with van der Waals surface area (Å²) in [7, 11) is 0. The fourth-order valence-electron chi connectivity index (χ4n) is 3.33. The molecule has 27 heavy (non-hydrogen) atoms. The van der Waals surface area contributed by atoms with Crippen molar-refractivity contribution < 1.29 is 47.8 Å². The van der Waals surface area contributed by atoms with Crippen LogP contribution in [0.3, 0.4) is 0 Å². The molecule has 1 aromatic heterocycles. The summed E-state index contributed by atoms with van der Waals surface area (Å²) in [5.41, 5.74) is -0.573. The molecule has 2 aliphatic rings. The van der Waals surface area contributed by atoms with E-state index in [-0.39, 0.29) is 53.8 Å². The average molecular weight is 410 g/mol. The van der Waals surface area contributed by atoms with Gasteiger partial charge in [-0.15, -0.1) is 11.3 Å². The number of hydrogen-bond acceptors (Lipinski definition) is 7. The summed E-state index contributed by atoms with van der Waals surface area (Å²) in [5, 5.41) is 11.2. The van der Waals surface area contributed by atoms with Crippen LogP contribution in [0.2, 0.25) is 4.34 Å². The maximum absolute atomic E-state index is 12.5. The van der Waals surface area contributed by atoms with Crippen LogP contribution in [-0.4, -0.2) is 54.0 Å². The van der Waals surface area contributed by atoms with Gasteiger partial charge in [-0.25, -0.2) is 4.79 Å².